The molecule has 2 heterocycles. The molecular weight excluding hydrogens is 256 g/mol. The normalized spacial score (nSPS) is 19.5. The predicted octanol–water partition coefficient (Wildman–Crippen LogP) is 0.189. The summed E-state index contributed by atoms with van der Waals surface area (Å²) in [7, 11) is 0. The summed E-state index contributed by atoms with van der Waals surface area (Å²) in [5.74, 6) is 0.643. The maximum absolute atomic E-state index is 9.58. The highest BCUT2D eigenvalue weighted by molar-refractivity contribution is 5.49. The third-order valence-corrected chi connectivity index (χ3v) is 3.35. The number of aliphatic hydroxyl groups is 1. The van der Waals surface area contributed by atoms with Gasteiger partial charge in [0.25, 0.3) is 0 Å². The monoisotopic (exact) mass is 276 g/mol. The maximum Gasteiger partial charge on any atom is 0.224 e. The van der Waals surface area contributed by atoms with Crippen LogP contribution in [0, 0.1) is 11.3 Å². The number of nitrogens with one attached hydrogen (secondary N) is 1. The lowest BCUT2D eigenvalue weighted by molar-refractivity contribution is 0.0706. The first-order valence-electron chi connectivity index (χ1n) is 6.86. The fourth-order valence-electron chi connectivity index (χ4n) is 2.30. The van der Waals surface area contributed by atoms with E-state index in [9.17, 15) is 5.11 Å². The summed E-state index contributed by atoms with van der Waals surface area (Å²) in [6.07, 6.45) is 4.15. The van der Waals surface area contributed by atoms with Gasteiger partial charge in [0.05, 0.1) is 12.3 Å². The molecule has 1 atom stereocenters. The largest absolute Gasteiger partial charge is 0.392 e. The number of nitrogens with two attached hydrogens (primary N) is 1. The number of aromatic nitrogens is 2. The number of piperidine rings is 1. The number of rotatable bonds is 5. The number of likely N-dealkylation sites (tertiary alicyclic amines) is 1. The van der Waals surface area contributed by atoms with Gasteiger partial charge in [-0.2, -0.15) is 10.2 Å². The van der Waals surface area contributed by atoms with Crippen molar-refractivity contribution in [3.05, 3.63) is 11.8 Å². The van der Waals surface area contributed by atoms with Crippen LogP contribution >= 0.6 is 0 Å². The molecule has 0 aliphatic carbocycles. The van der Waals surface area contributed by atoms with Gasteiger partial charge < -0.3 is 21.1 Å². The molecule has 4 N–H and O–H groups in total. The summed E-state index contributed by atoms with van der Waals surface area (Å²) in [4.78, 5) is 10.3. The van der Waals surface area contributed by atoms with E-state index in [1.165, 1.54) is 6.20 Å². The standard InChI is InChI=1S/C13H20N6O/c14-7-10-8-17-13(18-12(10)15)16-4-2-6-19-5-1-3-11(20)9-19/h8,11,20H,1-6,9H2,(H3,15,16,17,18). The summed E-state index contributed by atoms with van der Waals surface area (Å²) in [5, 5.41) is 21.4. The van der Waals surface area contributed by atoms with Gasteiger partial charge in [-0.15, -0.1) is 0 Å². The van der Waals surface area contributed by atoms with E-state index in [4.69, 9.17) is 11.0 Å². The second kappa shape index (κ2) is 7.03. The Labute approximate surface area is 118 Å². The van der Waals surface area contributed by atoms with Crippen LogP contribution in [0.3, 0.4) is 0 Å². The van der Waals surface area contributed by atoms with Crippen LogP contribution in [0.5, 0.6) is 0 Å². The van der Waals surface area contributed by atoms with Crippen molar-refractivity contribution in [3.63, 3.8) is 0 Å². The number of anilines is 2. The van der Waals surface area contributed by atoms with E-state index in [-0.39, 0.29) is 17.5 Å². The lowest BCUT2D eigenvalue weighted by atomic mass is 10.1. The zero-order valence-corrected chi connectivity index (χ0v) is 11.4. The van der Waals surface area contributed by atoms with Crippen molar-refractivity contribution in [3.8, 4) is 6.07 Å². The Hall–Kier alpha value is -1.91. The molecule has 7 heteroatoms. The van der Waals surface area contributed by atoms with Crippen LogP contribution in [0.25, 0.3) is 0 Å². The van der Waals surface area contributed by atoms with Gasteiger partial charge in [0, 0.05) is 13.1 Å². The molecule has 7 nitrogen and oxygen atoms in total. The van der Waals surface area contributed by atoms with Gasteiger partial charge in [-0.3, -0.25) is 0 Å². The van der Waals surface area contributed by atoms with Gasteiger partial charge >= 0.3 is 0 Å². The minimum atomic E-state index is -0.182. The van der Waals surface area contributed by atoms with E-state index >= 15 is 0 Å². The van der Waals surface area contributed by atoms with Crippen molar-refractivity contribution in [1.82, 2.24) is 14.9 Å². The number of β-amino-alcohol motifs (C(OH)–C–C–N with tert-alkyl or cyclic N) is 1. The van der Waals surface area contributed by atoms with Gasteiger partial charge in [0.15, 0.2) is 0 Å². The smallest absolute Gasteiger partial charge is 0.224 e. The second-order valence-electron chi connectivity index (χ2n) is 4.98. The Balaban J connectivity index is 1.71. The molecule has 2 rings (SSSR count). The van der Waals surface area contributed by atoms with Crippen molar-refractivity contribution in [2.75, 3.05) is 37.2 Å². The van der Waals surface area contributed by atoms with E-state index in [1.807, 2.05) is 6.07 Å². The maximum atomic E-state index is 9.58. The van der Waals surface area contributed by atoms with Crippen LogP contribution in [0.2, 0.25) is 0 Å². The van der Waals surface area contributed by atoms with Crippen LogP contribution in [-0.4, -0.2) is 52.3 Å². The lowest BCUT2D eigenvalue weighted by Gasteiger charge is -2.29. The molecule has 0 radical (unpaired) electrons. The number of nitrogens with zero attached hydrogens (tertiary/aromatic N) is 4. The second-order valence-corrected chi connectivity index (χ2v) is 4.98. The van der Waals surface area contributed by atoms with Crippen molar-refractivity contribution in [1.29, 1.82) is 5.26 Å². The summed E-state index contributed by atoms with van der Waals surface area (Å²) in [6, 6.07) is 1.93. The quantitative estimate of drug-likeness (QED) is 0.658. The molecule has 1 unspecified atom stereocenters. The summed E-state index contributed by atoms with van der Waals surface area (Å²) in [5.41, 5.74) is 5.91. The molecule has 1 aromatic heterocycles. The van der Waals surface area contributed by atoms with Crippen LogP contribution < -0.4 is 11.1 Å². The summed E-state index contributed by atoms with van der Waals surface area (Å²) < 4.78 is 0. The third-order valence-electron chi connectivity index (χ3n) is 3.35. The van der Waals surface area contributed by atoms with Crippen molar-refractivity contribution in [2.24, 2.45) is 0 Å². The molecule has 1 saturated heterocycles. The minimum absolute atomic E-state index is 0.182. The summed E-state index contributed by atoms with van der Waals surface area (Å²) >= 11 is 0. The van der Waals surface area contributed by atoms with Crippen molar-refractivity contribution >= 4 is 11.8 Å². The Bertz CT molecular complexity index is 486. The van der Waals surface area contributed by atoms with Gasteiger partial charge in [0.1, 0.15) is 17.5 Å². The first-order valence-corrected chi connectivity index (χ1v) is 6.86. The molecule has 108 valence electrons. The van der Waals surface area contributed by atoms with E-state index in [1.54, 1.807) is 0 Å². The fraction of sp³-hybridized carbons (Fsp3) is 0.615. The molecule has 1 fully saturated rings. The number of nitriles is 1. The highest BCUT2D eigenvalue weighted by Crippen LogP contribution is 2.10. The Morgan fingerprint density at radius 2 is 2.45 bits per heavy atom. The average Bonchev–Trinajstić information content (AvgIpc) is 2.44. The highest BCUT2D eigenvalue weighted by atomic mass is 16.3. The molecule has 1 aliphatic rings. The molecule has 1 aliphatic heterocycles. The SMILES string of the molecule is N#Cc1cnc(NCCCN2CCCC(O)C2)nc1N. The average molecular weight is 276 g/mol. The molecular formula is C13H20N6O. The van der Waals surface area contributed by atoms with Crippen LogP contribution in [0.15, 0.2) is 6.20 Å². The molecule has 0 bridgehead atoms. The highest BCUT2D eigenvalue weighted by Gasteiger charge is 2.16. The molecule has 20 heavy (non-hydrogen) atoms. The van der Waals surface area contributed by atoms with Crippen molar-refractivity contribution in [2.45, 2.75) is 25.4 Å². The molecule has 0 aromatic carbocycles. The van der Waals surface area contributed by atoms with Crippen LogP contribution in [-0.2, 0) is 0 Å². The van der Waals surface area contributed by atoms with E-state index in [2.05, 4.69) is 20.2 Å². The predicted molar refractivity (Wildman–Crippen MR) is 75.9 cm³/mol. The lowest BCUT2D eigenvalue weighted by Crippen LogP contribution is -2.39. The number of nitrogen functional groups attached to an aromatic ring is 1. The van der Waals surface area contributed by atoms with Gasteiger partial charge in [-0.05, 0) is 32.4 Å². The van der Waals surface area contributed by atoms with Crippen LogP contribution in [0.4, 0.5) is 11.8 Å². The number of hydrogen-bond acceptors (Lipinski definition) is 7. The molecule has 1 aromatic rings. The van der Waals surface area contributed by atoms with Crippen molar-refractivity contribution < 1.29 is 5.11 Å². The fourth-order valence-corrected chi connectivity index (χ4v) is 2.30. The Kier molecular flexibility index (Phi) is 5.09. The van der Waals surface area contributed by atoms with Gasteiger partial charge in [-0.1, -0.05) is 0 Å². The van der Waals surface area contributed by atoms with E-state index in [0.29, 0.717) is 5.95 Å². The number of aliphatic hydroxyl groups excluding tert-OH is 1. The Morgan fingerprint density at radius 1 is 1.60 bits per heavy atom. The zero-order chi connectivity index (χ0) is 14.4. The summed E-state index contributed by atoms with van der Waals surface area (Å²) in [6.45, 7) is 3.49. The van der Waals surface area contributed by atoms with E-state index in [0.717, 1.165) is 45.4 Å². The Morgan fingerprint density at radius 3 is 3.15 bits per heavy atom. The topological polar surface area (TPSA) is 111 Å². The first kappa shape index (κ1) is 14.5. The first-order chi connectivity index (χ1) is 9.69. The number of hydrogen-bond donors (Lipinski definition) is 3. The minimum Gasteiger partial charge on any atom is -0.392 e. The van der Waals surface area contributed by atoms with E-state index < -0.39 is 0 Å². The molecule has 0 amide bonds. The van der Waals surface area contributed by atoms with Gasteiger partial charge in [0.2, 0.25) is 5.95 Å². The third kappa shape index (κ3) is 4.05. The van der Waals surface area contributed by atoms with Gasteiger partial charge in [-0.25, -0.2) is 4.98 Å². The molecule has 0 spiro atoms. The molecule has 0 saturated carbocycles. The van der Waals surface area contributed by atoms with Crippen LogP contribution in [0.1, 0.15) is 24.8 Å². The zero-order valence-electron chi connectivity index (χ0n) is 11.4.